The van der Waals surface area contributed by atoms with Crippen molar-refractivity contribution in [2.75, 3.05) is 20.1 Å². The quantitative estimate of drug-likeness (QED) is 0.512. The number of benzene rings is 2. The Morgan fingerprint density at radius 3 is 2.81 bits per heavy atom. The van der Waals surface area contributed by atoms with Gasteiger partial charge in [0.25, 0.3) is 5.56 Å². The van der Waals surface area contributed by atoms with Crippen LogP contribution in [0.2, 0.25) is 0 Å². The number of hydrogen-bond acceptors (Lipinski definition) is 4. The number of nitrogens with zero attached hydrogens (tertiary/aromatic N) is 2. The Bertz CT molecular complexity index is 1200. The van der Waals surface area contributed by atoms with Gasteiger partial charge >= 0.3 is 0 Å². The summed E-state index contributed by atoms with van der Waals surface area (Å²) in [5.41, 5.74) is 0.700. The molecule has 0 bridgehead atoms. The molecule has 0 atom stereocenters. The highest BCUT2D eigenvalue weighted by molar-refractivity contribution is 7.19. The second-order valence-corrected chi connectivity index (χ2v) is 8.12. The molecule has 26 heavy (non-hydrogen) atoms. The van der Waals surface area contributed by atoms with Gasteiger partial charge in [-0.25, -0.2) is 9.37 Å². The molecule has 1 aliphatic rings. The number of fused-ring (bicyclic) bond motifs is 6. The van der Waals surface area contributed by atoms with Crippen LogP contribution in [-0.2, 0) is 0 Å². The van der Waals surface area contributed by atoms with Gasteiger partial charge < -0.3 is 9.88 Å². The van der Waals surface area contributed by atoms with Crippen LogP contribution in [0.3, 0.4) is 0 Å². The average Bonchev–Trinajstić information content (AvgIpc) is 3.08. The first-order valence-corrected chi connectivity index (χ1v) is 9.65. The molecule has 6 heteroatoms. The summed E-state index contributed by atoms with van der Waals surface area (Å²) in [6.07, 6.45) is 3.85. The Labute approximate surface area is 153 Å². The molecule has 0 radical (unpaired) electrons. The highest BCUT2D eigenvalue weighted by Crippen LogP contribution is 2.40. The lowest BCUT2D eigenvalue weighted by Gasteiger charge is -2.27. The molecule has 5 rings (SSSR count). The third kappa shape index (κ3) is 2.36. The molecule has 4 nitrogen and oxygen atoms in total. The van der Waals surface area contributed by atoms with E-state index < -0.39 is 0 Å². The number of pyridine rings is 1. The van der Waals surface area contributed by atoms with E-state index in [9.17, 15) is 9.18 Å². The highest BCUT2D eigenvalue weighted by Gasteiger charge is 2.23. The van der Waals surface area contributed by atoms with Gasteiger partial charge in [0.05, 0.1) is 20.6 Å². The number of thiazole rings is 1. The van der Waals surface area contributed by atoms with Crippen molar-refractivity contribution in [3.8, 4) is 0 Å². The van der Waals surface area contributed by atoms with E-state index in [4.69, 9.17) is 4.98 Å². The molecule has 1 N–H and O–H groups in total. The smallest absolute Gasteiger partial charge is 0.256 e. The van der Waals surface area contributed by atoms with E-state index in [-0.39, 0.29) is 11.4 Å². The summed E-state index contributed by atoms with van der Waals surface area (Å²) in [4.78, 5) is 22.5. The fraction of sp³-hybridized carbons (Fsp3) is 0.300. The lowest BCUT2D eigenvalue weighted by Crippen LogP contribution is -2.29. The number of piperidine rings is 1. The van der Waals surface area contributed by atoms with E-state index in [1.807, 2.05) is 6.07 Å². The van der Waals surface area contributed by atoms with E-state index in [1.54, 1.807) is 23.6 Å². The minimum Gasteiger partial charge on any atom is -0.329 e. The van der Waals surface area contributed by atoms with Crippen LogP contribution in [0, 0.1) is 5.82 Å². The van der Waals surface area contributed by atoms with E-state index >= 15 is 0 Å². The van der Waals surface area contributed by atoms with E-state index in [2.05, 4.69) is 16.9 Å². The molecule has 4 aromatic rings. The van der Waals surface area contributed by atoms with Crippen LogP contribution in [-0.4, -0.2) is 35.0 Å². The molecule has 0 saturated carbocycles. The Kier molecular flexibility index (Phi) is 3.58. The van der Waals surface area contributed by atoms with Crippen molar-refractivity contribution in [2.24, 2.45) is 0 Å². The van der Waals surface area contributed by atoms with Gasteiger partial charge in [0.15, 0.2) is 0 Å². The zero-order valence-electron chi connectivity index (χ0n) is 14.4. The van der Waals surface area contributed by atoms with Gasteiger partial charge in [-0.05, 0) is 57.2 Å². The normalized spacial score (nSPS) is 16.8. The first-order chi connectivity index (χ1) is 12.6. The predicted octanol–water partition coefficient (Wildman–Crippen LogP) is 4.24. The second kappa shape index (κ2) is 5.86. The number of hydrogen-bond donors (Lipinski definition) is 1. The van der Waals surface area contributed by atoms with Gasteiger partial charge in [0, 0.05) is 28.3 Å². The number of halogens is 1. The van der Waals surface area contributed by atoms with Crippen LogP contribution < -0.4 is 5.56 Å². The maximum Gasteiger partial charge on any atom is 0.256 e. The predicted molar refractivity (Wildman–Crippen MR) is 105 cm³/mol. The fourth-order valence-corrected chi connectivity index (χ4v) is 5.28. The minimum atomic E-state index is -0.341. The number of aromatic nitrogens is 2. The van der Waals surface area contributed by atoms with Gasteiger partial charge in [0.1, 0.15) is 5.82 Å². The van der Waals surface area contributed by atoms with Crippen LogP contribution in [0.1, 0.15) is 23.8 Å². The molecule has 1 aliphatic heterocycles. The van der Waals surface area contributed by atoms with Gasteiger partial charge in [-0.2, -0.15) is 0 Å². The number of H-pyrrole nitrogens is 1. The number of aromatic amines is 1. The average molecular weight is 367 g/mol. The van der Waals surface area contributed by atoms with Crippen molar-refractivity contribution in [3.05, 3.63) is 51.6 Å². The number of rotatable bonds is 1. The Morgan fingerprint density at radius 1 is 1.19 bits per heavy atom. The van der Waals surface area contributed by atoms with Crippen molar-refractivity contribution < 1.29 is 4.39 Å². The third-order valence-electron chi connectivity index (χ3n) is 5.42. The zero-order valence-corrected chi connectivity index (χ0v) is 15.2. The molecule has 132 valence electrons. The third-order valence-corrected chi connectivity index (χ3v) is 6.67. The monoisotopic (exact) mass is 367 g/mol. The minimum absolute atomic E-state index is 0.186. The zero-order chi connectivity index (χ0) is 17.8. The summed E-state index contributed by atoms with van der Waals surface area (Å²) in [7, 11) is 2.15. The molecule has 0 amide bonds. The van der Waals surface area contributed by atoms with Crippen molar-refractivity contribution >= 4 is 43.1 Å². The van der Waals surface area contributed by atoms with Crippen LogP contribution in [0.5, 0.6) is 0 Å². The standard InChI is InChI=1S/C20H18FN3OS/c1-24-8-5-11(6-9-24)20-23-17-13-3-2-12(21)10-15(13)16-14(18(17)26-20)4-7-22-19(16)25/h2-4,7,10-11H,5-6,8-9H2,1H3,(H,22,25). The van der Waals surface area contributed by atoms with Crippen molar-refractivity contribution in [1.29, 1.82) is 0 Å². The van der Waals surface area contributed by atoms with Crippen LogP contribution >= 0.6 is 11.3 Å². The van der Waals surface area contributed by atoms with Crippen molar-refractivity contribution in [1.82, 2.24) is 14.9 Å². The molecule has 3 heterocycles. The van der Waals surface area contributed by atoms with Crippen LogP contribution in [0.15, 0.2) is 35.3 Å². The van der Waals surface area contributed by atoms with Gasteiger partial charge in [0.2, 0.25) is 0 Å². The van der Waals surface area contributed by atoms with E-state index in [1.165, 1.54) is 12.1 Å². The Morgan fingerprint density at radius 2 is 2.00 bits per heavy atom. The van der Waals surface area contributed by atoms with Crippen LogP contribution in [0.25, 0.3) is 31.8 Å². The molecular formula is C20H18FN3OS. The molecule has 1 saturated heterocycles. The summed E-state index contributed by atoms with van der Waals surface area (Å²) in [6.45, 7) is 2.15. The Balaban J connectivity index is 1.85. The highest BCUT2D eigenvalue weighted by atomic mass is 32.1. The summed E-state index contributed by atoms with van der Waals surface area (Å²) in [5, 5.41) is 4.02. The molecule has 1 fully saturated rings. The molecule has 2 aromatic heterocycles. The van der Waals surface area contributed by atoms with E-state index in [0.717, 1.165) is 51.9 Å². The molecular weight excluding hydrogens is 349 g/mol. The SMILES string of the molecule is CN1CCC(c2nc3c4ccc(F)cc4c4c(=O)[nH]ccc4c3s2)CC1. The van der Waals surface area contributed by atoms with E-state index in [0.29, 0.717) is 16.7 Å². The summed E-state index contributed by atoms with van der Waals surface area (Å²) < 4.78 is 14.9. The van der Waals surface area contributed by atoms with Crippen molar-refractivity contribution in [2.45, 2.75) is 18.8 Å². The topological polar surface area (TPSA) is 49.0 Å². The Hall–Kier alpha value is -2.31. The molecule has 0 spiro atoms. The maximum atomic E-state index is 13.9. The lowest BCUT2D eigenvalue weighted by atomic mass is 9.98. The summed E-state index contributed by atoms with van der Waals surface area (Å²) >= 11 is 1.69. The van der Waals surface area contributed by atoms with Gasteiger partial charge in [-0.3, -0.25) is 4.79 Å². The summed E-state index contributed by atoms with van der Waals surface area (Å²) in [5.74, 6) is 0.114. The second-order valence-electron chi connectivity index (χ2n) is 7.09. The number of likely N-dealkylation sites (tertiary alicyclic amines) is 1. The first kappa shape index (κ1) is 15.9. The maximum absolute atomic E-state index is 13.9. The van der Waals surface area contributed by atoms with Gasteiger partial charge in [-0.15, -0.1) is 11.3 Å². The largest absolute Gasteiger partial charge is 0.329 e. The fourth-order valence-electron chi connectivity index (χ4n) is 4.00. The molecule has 0 aliphatic carbocycles. The number of nitrogens with one attached hydrogen (secondary N) is 1. The summed E-state index contributed by atoms with van der Waals surface area (Å²) in [6, 6.07) is 6.54. The first-order valence-electron chi connectivity index (χ1n) is 8.83. The molecule has 2 aromatic carbocycles. The van der Waals surface area contributed by atoms with Crippen molar-refractivity contribution in [3.63, 3.8) is 0 Å². The molecule has 0 unspecified atom stereocenters. The van der Waals surface area contributed by atoms with Crippen LogP contribution in [0.4, 0.5) is 4.39 Å². The van der Waals surface area contributed by atoms with Gasteiger partial charge in [-0.1, -0.05) is 0 Å². The lowest BCUT2D eigenvalue weighted by molar-refractivity contribution is 0.255.